The number of fused-ring (bicyclic) bond motifs is 1. The molecule has 9 nitrogen and oxygen atoms in total. The summed E-state index contributed by atoms with van der Waals surface area (Å²) in [4.78, 5) is 37.5. The summed E-state index contributed by atoms with van der Waals surface area (Å²) in [6.45, 7) is 6.56. The molecule has 2 spiro atoms. The monoisotopic (exact) mass is 462 g/mol. The van der Waals surface area contributed by atoms with Crippen molar-refractivity contribution in [2.24, 2.45) is 16.7 Å². The molecule has 0 unspecified atom stereocenters. The second-order valence-corrected chi connectivity index (χ2v) is 10.3. The summed E-state index contributed by atoms with van der Waals surface area (Å²) in [5.41, 5.74) is -4.00. The highest BCUT2D eigenvalue weighted by molar-refractivity contribution is 5.93. The van der Waals surface area contributed by atoms with E-state index >= 15 is 0 Å². The first-order chi connectivity index (χ1) is 15.5. The highest BCUT2D eigenvalue weighted by atomic mass is 16.7. The van der Waals surface area contributed by atoms with Crippen LogP contribution >= 0.6 is 0 Å². The molecule has 33 heavy (non-hydrogen) atoms. The lowest BCUT2D eigenvalue weighted by Crippen LogP contribution is -2.78. The van der Waals surface area contributed by atoms with E-state index in [4.69, 9.17) is 23.4 Å². The van der Waals surface area contributed by atoms with Crippen molar-refractivity contribution in [3.05, 3.63) is 24.2 Å². The third kappa shape index (κ3) is 2.67. The van der Waals surface area contributed by atoms with Crippen LogP contribution in [0.1, 0.15) is 58.9 Å². The predicted molar refractivity (Wildman–Crippen MR) is 110 cm³/mol. The summed E-state index contributed by atoms with van der Waals surface area (Å²) >= 11 is 0. The van der Waals surface area contributed by atoms with Crippen LogP contribution in [0.5, 0.6) is 0 Å². The molecule has 0 bridgehead atoms. The molecular formula is C24H30O9. The molecule has 1 aromatic rings. The molecule has 0 amide bonds. The van der Waals surface area contributed by atoms with Crippen LogP contribution < -0.4 is 0 Å². The molecule has 2 aliphatic heterocycles. The maximum absolute atomic E-state index is 13.3. The minimum absolute atomic E-state index is 0.0581. The Balaban J connectivity index is 1.76. The lowest BCUT2D eigenvalue weighted by molar-refractivity contribution is -0.327. The lowest BCUT2D eigenvalue weighted by Gasteiger charge is -2.65. The van der Waals surface area contributed by atoms with Gasteiger partial charge >= 0.3 is 11.9 Å². The van der Waals surface area contributed by atoms with E-state index in [-0.39, 0.29) is 44.2 Å². The summed E-state index contributed by atoms with van der Waals surface area (Å²) in [7, 11) is 0. The van der Waals surface area contributed by atoms with Gasteiger partial charge in [-0.25, -0.2) is 0 Å². The molecule has 2 aliphatic carbocycles. The fourth-order valence-electron chi connectivity index (χ4n) is 7.21. The molecule has 1 N–H and O–H groups in total. The van der Waals surface area contributed by atoms with E-state index in [1.165, 1.54) is 26.4 Å². The molecule has 5 rings (SSSR count). The number of hydrogen-bond donors (Lipinski definition) is 1. The zero-order valence-electron chi connectivity index (χ0n) is 19.3. The molecule has 3 heterocycles. The number of aliphatic hydroxyl groups is 1. The van der Waals surface area contributed by atoms with Gasteiger partial charge in [0.2, 0.25) is 0 Å². The molecule has 180 valence electrons. The van der Waals surface area contributed by atoms with Crippen LogP contribution in [0, 0.1) is 16.7 Å². The number of carbonyl (C=O) groups is 3. The van der Waals surface area contributed by atoms with Crippen molar-refractivity contribution in [2.75, 3.05) is 13.2 Å². The topological polar surface area (TPSA) is 125 Å². The average molecular weight is 462 g/mol. The zero-order chi connectivity index (χ0) is 23.9. The van der Waals surface area contributed by atoms with Gasteiger partial charge in [0.25, 0.3) is 0 Å². The summed E-state index contributed by atoms with van der Waals surface area (Å²) in [6, 6.07) is 1.65. The highest BCUT2D eigenvalue weighted by Gasteiger charge is 2.87. The van der Waals surface area contributed by atoms with Gasteiger partial charge in [-0.2, -0.15) is 0 Å². The maximum atomic E-state index is 13.3. The Morgan fingerprint density at radius 3 is 2.58 bits per heavy atom. The minimum Gasteiger partial charge on any atom is -0.472 e. The Bertz CT molecular complexity index is 998. The van der Waals surface area contributed by atoms with Crippen molar-refractivity contribution in [1.82, 2.24) is 0 Å². The number of ether oxygens (including phenoxy) is 4. The molecule has 4 aliphatic rings. The zero-order valence-corrected chi connectivity index (χ0v) is 19.3. The summed E-state index contributed by atoms with van der Waals surface area (Å²) in [6.07, 6.45) is 3.19. The molecule has 2 saturated heterocycles. The third-order valence-corrected chi connectivity index (χ3v) is 8.89. The number of rotatable bonds is 4. The van der Waals surface area contributed by atoms with E-state index in [1.54, 1.807) is 6.07 Å². The first kappa shape index (κ1) is 22.6. The standard InChI is InChI=1S/C24H30O9/c1-14-9-19(32-16(3)26)21(12-30-15(2)25)22(13-31-22)18(27)5-7-24(21)20(14,4)11-23(28,33-24)17-6-8-29-10-17/h6,8,10,14,19,28H,5,7,9,11-13H2,1-4H3/t14-,19+,20+,21+,22-,23-,24+/m1/s1. The number of carbonyl (C=O) groups excluding carboxylic acids is 3. The van der Waals surface area contributed by atoms with Gasteiger partial charge in [-0.05, 0) is 24.8 Å². The van der Waals surface area contributed by atoms with Gasteiger partial charge in [0.15, 0.2) is 17.2 Å². The van der Waals surface area contributed by atoms with Crippen molar-refractivity contribution in [3.8, 4) is 0 Å². The Morgan fingerprint density at radius 1 is 1.27 bits per heavy atom. The highest BCUT2D eigenvalue weighted by Crippen LogP contribution is 2.76. The molecule has 0 radical (unpaired) electrons. The average Bonchev–Trinajstić information content (AvgIpc) is 3.22. The van der Waals surface area contributed by atoms with Crippen molar-refractivity contribution in [1.29, 1.82) is 0 Å². The van der Waals surface area contributed by atoms with E-state index in [0.29, 0.717) is 12.0 Å². The summed E-state index contributed by atoms with van der Waals surface area (Å²) < 4.78 is 29.3. The molecule has 4 fully saturated rings. The first-order valence-corrected chi connectivity index (χ1v) is 11.4. The number of ketones is 1. The van der Waals surface area contributed by atoms with Crippen LogP contribution in [0.3, 0.4) is 0 Å². The minimum atomic E-state index is -1.70. The van der Waals surface area contributed by atoms with Gasteiger partial charge in [0.1, 0.15) is 18.1 Å². The Hall–Kier alpha value is -2.23. The second-order valence-electron chi connectivity index (χ2n) is 10.3. The predicted octanol–water partition coefficient (Wildman–Crippen LogP) is 2.24. The van der Waals surface area contributed by atoms with E-state index < -0.39 is 45.9 Å². The Kier molecular flexibility index (Phi) is 4.71. The third-order valence-electron chi connectivity index (χ3n) is 8.89. The van der Waals surface area contributed by atoms with Gasteiger partial charge in [-0.15, -0.1) is 0 Å². The fourth-order valence-corrected chi connectivity index (χ4v) is 7.21. The van der Waals surface area contributed by atoms with Crippen molar-refractivity contribution >= 4 is 17.7 Å². The first-order valence-electron chi connectivity index (χ1n) is 11.4. The maximum Gasteiger partial charge on any atom is 0.302 e. The van der Waals surface area contributed by atoms with Crippen LogP contribution in [-0.4, -0.2) is 53.3 Å². The number of hydrogen-bond acceptors (Lipinski definition) is 9. The van der Waals surface area contributed by atoms with E-state index in [1.807, 2.05) is 13.8 Å². The lowest BCUT2D eigenvalue weighted by atomic mass is 9.41. The largest absolute Gasteiger partial charge is 0.472 e. The molecular weight excluding hydrogens is 432 g/mol. The summed E-state index contributed by atoms with van der Waals surface area (Å²) in [5.74, 6) is -2.92. The van der Waals surface area contributed by atoms with Crippen LogP contribution in [-0.2, 0) is 39.1 Å². The van der Waals surface area contributed by atoms with Crippen molar-refractivity contribution < 1.29 is 42.9 Å². The van der Waals surface area contributed by atoms with Crippen molar-refractivity contribution in [2.45, 2.75) is 76.5 Å². The van der Waals surface area contributed by atoms with Crippen LogP contribution in [0.2, 0.25) is 0 Å². The van der Waals surface area contributed by atoms with E-state index in [2.05, 4.69) is 0 Å². The molecule has 9 heteroatoms. The van der Waals surface area contributed by atoms with Crippen LogP contribution in [0.15, 0.2) is 23.0 Å². The number of Topliss-reactive ketones (excluding diaryl/α,β-unsaturated/α-hetero) is 1. The number of furan rings is 1. The van der Waals surface area contributed by atoms with Gasteiger partial charge in [-0.1, -0.05) is 13.8 Å². The fraction of sp³-hybridized carbons (Fsp3) is 0.708. The Morgan fingerprint density at radius 2 is 2.00 bits per heavy atom. The number of epoxide rings is 1. The normalized spacial score (nSPS) is 45.9. The Labute approximate surface area is 191 Å². The summed E-state index contributed by atoms with van der Waals surface area (Å²) in [5, 5.41) is 11.8. The van der Waals surface area contributed by atoms with Gasteiger partial charge in [0.05, 0.1) is 24.7 Å². The van der Waals surface area contributed by atoms with E-state index in [9.17, 15) is 19.5 Å². The molecule has 2 saturated carbocycles. The van der Waals surface area contributed by atoms with Crippen LogP contribution in [0.4, 0.5) is 0 Å². The molecule has 1 aromatic heterocycles. The smallest absolute Gasteiger partial charge is 0.302 e. The number of esters is 2. The van der Waals surface area contributed by atoms with Crippen molar-refractivity contribution in [3.63, 3.8) is 0 Å². The van der Waals surface area contributed by atoms with Crippen LogP contribution in [0.25, 0.3) is 0 Å². The molecule has 0 aromatic carbocycles. The SMILES string of the molecule is CC(=O)OC[C@@]12[C@@H](OC(C)=O)C[C@@H](C)[C@]3(C)C[C@](O)(c4ccoc4)O[C@]13CCC(=O)[C@]21CO1. The molecule has 7 atom stereocenters. The second kappa shape index (κ2) is 6.90. The van der Waals surface area contributed by atoms with Gasteiger partial charge in [-0.3, -0.25) is 14.4 Å². The van der Waals surface area contributed by atoms with Gasteiger partial charge in [0, 0.05) is 37.7 Å². The quantitative estimate of drug-likeness (QED) is 0.530. The van der Waals surface area contributed by atoms with Gasteiger partial charge < -0.3 is 28.5 Å². The van der Waals surface area contributed by atoms with E-state index in [0.717, 1.165) is 0 Å².